The molecule has 0 bridgehead atoms. The van der Waals surface area contributed by atoms with Crippen molar-refractivity contribution in [3.8, 4) is 0 Å². The first kappa shape index (κ1) is 8.96. The van der Waals surface area contributed by atoms with Gasteiger partial charge in [-0.1, -0.05) is 0 Å². The summed E-state index contributed by atoms with van der Waals surface area (Å²) in [4.78, 5) is 14.3. The molecule has 0 aromatic carbocycles. The van der Waals surface area contributed by atoms with Gasteiger partial charge in [0.25, 0.3) is 0 Å². The molecule has 0 fully saturated rings. The van der Waals surface area contributed by atoms with Crippen LogP contribution in [-0.2, 0) is 12.8 Å². The van der Waals surface area contributed by atoms with Crippen LogP contribution in [0.25, 0.3) is 0 Å². The van der Waals surface area contributed by atoms with Crippen molar-refractivity contribution in [3.63, 3.8) is 0 Å². The molecule has 14 heavy (non-hydrogen) atoms. The van der Waals surface area contributed by atoms with Crippen molar-refractivity contribution in [2.24, 2.45) is 5.73 Å². The predicted octanol–water partition coefficient (Wildman–Crippen LogP) is 0.245. The highest BCUT2D eigenvalue weighted by Crippen LogP contribution is 1.99. The fraction of sp³-hybridized carbons (Fsp3) is 0.333. The standard InChI is InChI=1S/C9H13N5/c10-7(5-8-11-1-2-12-8)6-9-13-3-4-14-9/h1-4,7H,5-6,10H2,(H,11,12)(H,13,14). The Balaban J connectivity index is 1.88. The maximum absolute atomic E-state index is 5.94. The Morgan fingerprint density at radius 2 is 1.57 bits per heavy atom. The van der Waals surface area contributed by atoms with Crippen molar-refractivity contribution in [1.82, 2.24) is 19.9 Å². The smallest absolute Gasteiger partial charge is 0.107 e. The summed E-state index contributed by atoms with van der Waals surface area (Å²) in [6.07, 6.45) is 8.55. The zero-order chi connectivity index (χ0) is 9.80. The van der Waals surface area contributed by atoms with Crippen LogP contribution in [-0.4, -0.2) is 26.0 Å². The SMILES string of the molecule is NC(Cc1ncc[nH]1)Cc1ncc[nH]1. The molecule has 0 saturated carbocycles. The van der Waals surface area contributed by atoms with Gasteiger partial charge in [0.15, 0.2) is 0 Å². The van der Waals surface area contributed by atoms with E-state index in [-0.39, 0.29) is 6.04 Å². The molecule has 2 aromatic heterocycles. The second-order valence-electron chi connectivity index (χ2n) is 3.24. The van der Waals surface area contributed by atoms with Gasteiger partial charge in [-0.05, 0) is 0 Å². The highest BCUT2D eigenvalue weighted by Gasteiger charge is 2.07. The molecule has 2 heterocycles. The molecule has 0 unspecified atom stereocenters. The third-order valence-corrected chi connectivity index (χ3v) is 2.02. The number of nitrogens with one attached hydrogen (secondary N) is 2. The van der Waals surface area contributed by atoms with E-state index in [0.29, 0.717) is 0 Å². The minimum Gasteiger partial charge on any atom is -0.349 e. The van der Waals surface area contributed by atoms with Crippen molar-refractivity contribution in [1.29, 1.82) is 0 Å². The number of hydrogen-bond acceptors (Lipinski definition) is 3. The number of aromatic amines is 2. The van der Waals surface area contributed by atoms with E-state index >= 15 is 0 Å². The van der Waals surface area contributed by atoms with Crippen molar-refractivity contribution < 1.29 is 0 Å². The van der Waals surface area contributed by atoms with Gasteiger partial charge in [-0.2, -0.15) is 0 Å². The molecule has 0 radical (unpaired) electrons. The normalized spacial score (nSPS) is 11.0. The summed E-state index contributed by atoms with van der Waals surface area (Å²) in [6, 6.07) is 0.0484. The Bertz CT molecular complexity index is 314. The Kier molecular flexibility index (Phi) is 2.60. The summed E-state index contributed by atoms with van der Waals surface area (Å²) in [6.45, 7) is 0. The van der Waals surface area contributed by atoms with Crippen LogP contribution < -0.4 is 5.73 Å². The number of aromatic nitrogens is 4. The van der Waals surface area contributed by atoms with Crippen LogP contribution in [0.1, 0.15) is 11.6 Å². The van der Waals surface area contributed by atoms with Crippen LogP contribution in [0.15, 0.2) is 24.8 Å². The molecular weight excluding hydrogens is 178 g/mol. The molecule has 0 atom stereocenters. The molecular formula is C9H13N5. The average Bonchev–Trinajstić information content (AvgIpc) is 2.76. The molecule has 0 aliphatic heterocycles. The summed E-state index contributed by atoms with van der Waals surface area (Å²) in [7, 11) is 0. The lowest BCUT2D eigenvalue weighted by molar-refractivity contribution is 0.628. The Morgan fingerprint density at radius 1 is 1.07 bits per heavy atom. The molecule has 0 aliphatic rings. The fourth-order valence-electron chi connectivity index (χ4n) is 1.39. The van der Waals surface area contributed by atoms with Gasteiger partial charge in [-0.25, -0.2) is 9.97 Å². The lowest BCUT2D eigenvalue weighted by atomic mass is 10.1. The van der Waals surface area contributed by atoms with E-state index in [1.165, 1.54) is 0 Å². The number of rotatable bonds is 4. The van der Waals surface area contributed by atoms with Gasteiger partial charge in [-0.3, -0.25) is 0 Å². The summed E-state index contributed by atoms with van der Waals surface area (Å²) < 4.78 is 0. The van der Waals surface area contributed by atoms with Crippen LogP contribution in [0.2, 0.25) is 0 Å². The Morgan fingerprint density at radius 3 is 1.93 bits per heavy atom. The van der Waals surface area contributed by atoms with Crippen LogP contribution in [0.5, 0.6) is 0 Å². The van der Waals surface area contributed by atoms with Gasteiger partial charge >= 0.3 is 0 Å². The van der Waals surface area contributed by atoms with Crippen LogP contribution in [0.4, 0.5) is 0 Å². The van der Waals surface area contributed by atoms with E-state index in [9.17, 15) is 0 Å². The van der Waals surface area contributed by atoms with E-state index in [1.54, 1.807) is 24.8 Å². The predicted molar refractivity (Wildman–Crippen MR) is 52.6 cm³/mol. The number of hydrogen-bond donors (Lipinski definition) is 3. The van der Waals surface area contributed by atoms with Gasteiger partial charge in [0.1, 0.15) is 11.6 Å². The number of nitrogens with two attached hydrogens (primary N) is 1. The Labute approximate surface area is 81.8 Å². The van der Waals surface area contributed by atoms with E-state index in [2.05, 4.69) is 19.9 Å². The van der Waals surface area contributed by atoms with Crippen LogP contribution >= 0.6 is 0 Å². The zero-order valence-corrected chi connectivity index (χ0v) is 7.77. The minimum atomic E-state index is 0.0484. The third kappa shape index (κ3) is 2.20. The van der Waals surface area contributed by atoms with Crippen LogP contribution in [0.3, 0.4) is 0 Å². The number of H-pyrrole nitrogens is 2. The van der Waals surface area contributed by atoms with Gasteiger partial charge in [-0.15, -0.1) is 0 Å². The largest absolute Gasteiger partial charge is 0.349 e. The lowest BCUT2D eigenvalue weighted by Gasteiger charge is -2.07. The molecule has 2 rings (SSSR count). The second kappa shape index (κ2) is 4.06. The van der Waals surface area contributed by atoms with E-state index in [0.717, 1.165) is 24.5 Å². The Hall–Kier alpha value is -1.62. The van der Waals surface area contributed by atoms with Gasteiger partial charge < -0.3 is 15.7 Å². The lowest BCUT2D eigenvalue weighted by Crippen LogP contribution is -2.26. The maximum Gasteiger partial charge on any atom is 0.107 e. The average molecular weight is 191 g/mol. The first-order valence-electron chi connectivity index (χ1n) is 4.56. The molecule has 0 spiro atoms. The van der Waals surface area contributed by atoms with Gasteiger partial charge in [0.2, 0.25) is 0 Å². The first-order valence-corrected chi connectivity index (χ1v) is 4.56. The topological polar surface area (TPSA) is 83.4 Å². The number of imidazole rings is 2. The molecule has 5 nitrogen and oxygen atoms in total. The first-order chi connectivity index (χ1) is 6.84. The molecule has 0 amide bonds. The van der Waals surface area contributed by atoms with Crippen molar-refractivity contribution in [2.75, 3.05) is 0 Å². The zero-order valence-electron chi connectivity index (χ0n) is 7.77. The highest BCUT2D eigenvalue weighted by molar-refractivity contribution is 4.95. The quantitative estimate of drug-likeness (QED) is 0.647. The van der Waals surface area contributed by atoms with Crippen molar-refractivity contribution in [2.45, 2.75) is 18.9 Å². The summed E-state index contributed by atoms with van der Waals surface area (Å²) >= 11 is 0. The third-order valence-electron chi connectivity index (χ3n) is 2.02. The van der Waals surface area contributed by atoms with Crippen LogP contribution in [0, 0.1) is 0 Å². The van der Waals surface area contributed by atoms with E-state index in [4.69, 9.17) is 5.73 Å². The highest BCUT2D eigenvalue weighted by atomic mass is 14.9. The molecule has 0 aliphatic carbocycles. The van der Waals surface area contributed by atoms with Crippen molar-refractivity contribution >= 4 is 0 Å². The molecule has 4 N–H and O–H groups in total. The maximum atomic E-state index is 5.94. The van der Waals surface area contributed by atoms with E-state index in [1.807, 2.05) is 0 Å². The fourth-order valence-corrected chi connectivity index (χ4v) is 1.39. The van der Waals surface area contributed by atoms with Crippen molar-refractivity contribution in [3.05, 3.63) is 36.4 Å². The molecule has 5 heteroatoms. The summed E-state index contributed by atoms with van der Waals surface area (Å²) in [5, 5.41) is 0. The summed E-state index contributed by atoms with van der Waals surface area (Å²) in [5.41, 5.74) is 5.94. The monoisotopic (exact) mass is 191 g/mol. The molecule has 74 valence electrons. The summed E-state index contributed by atoms with van der Waals surface area (Å²) in [5.74, 6) is 1.84. The van der Waals surface area contributed by atoms with Gasteiger partial charge in [0.05, 0.1) is 0 Å². The van der Waals surface area contributed by atoms with E-state index < -0.39 is 0 Å². The number of nitrogens with zero attached hydrogens (tertiary/aromatic N) is 2. The molecule has 0 saturated heterocycles. The minimum absolute atomic E-state index is 0.0484. The molecule has 2 aromatic rings. The second-order valence-corrected chi connectivity index (χ2v) is 3.24. The van der Waals surface area contributed by atoms with Gasteiger partial charge in [0, 0.05) is 43.7 Å².